The molecule has 3 nitrogen and oxygen atoms in total. The molecule has 0 aliphatic rings. The van der Waals surface area contributed by atoms with E-state index in [9.17, 15) is 4.79 Å². The average molecular weight is 231 g/mol. The first-order valence-corrected chi connectivity index (χ1v) is 4.47. The minimum absolute atomic E-state index is 0. The first kappa shape index (κ1) is 12.0. The fraction of sp³-hybridized carbons (Fsp3) is 0.364. The molecule has 1 rings (SSSR count). The van der Waals surface area contributed by atoms with Crippen LogP contribution < -0.4 is 5.32 Å². The topological polar surface area (TPSA) is 38.3 Å². The third kappa shape index (κ3) is 4.81. The molecule has 0 radical (unpaired) electrons. The number of rotatable bonds is 4. The van der Waals surface area contributed by atoms with E-state index in [0.29, 0.717) is 0 Å². The van der Waals surface area contributed by atoms with Crippen LogP contribution in [0.15, 0.2) is 30.3 Å². The van der Waals surface area contributed by atoms with Gasteiger partial charge in [-0.15, -0.1) is 12.4 Å². The highest BCUT2D eigenvalue weighted by molar-refractivity contribution is 5.85. The SMILES string of the molecule is Cl.[2H]CN[C@@H](C)C(=O)OCc1ccccc1. The molecule has 0 unspecified atom stereocenters. The van der Waals surface area contributed by atoms with Crippen LogP contribution in [0.5, 0.6) is 0 Å². The van der Waals surface area contributed by atoms with Crippen LogP contribution >= 0.6 is 12.4 Å². The van der Waals surface area contributed by atoms with Crippen LogP contribution in [0, 0.1) is 0 Å². The van der Waals surface area contributed by atoms with Gasteiger partial charge in [-0.3, -0.25) is 4.79 Å². The van der Waals surface area contributed by atoms with Crippen LogP contribution in [0.3, 0.4) is 0 Å². The maximum absolute atomic E-state index is 11.3. The number of nitrogens with one attached hydrogen (secondary N) is 1. The van der Waals surface area contributed by atoms with Crippen LogP contribution in [-0.2, 0) is 16.1 Å². The summed E-state index contributed by atoms with van der Waals surface area (Å²) in [6, 6.07) is 9.08. The smallest absolute Gasteiger partial charge is 0.323 e. The lowest BCUT2D eigenvalue weighted by molar-refractivity contribution is -0.146. The minimum Gasteiger partial charge on any atom is -0.460 e. The molecular weight excluding hydrogens is 214 g/mol. The quantitative estimate of drug-likeness (QED) is 0.802. The van der Waals surface area contributed by atoms with Gasteiger partial charge in [-0.05, 0) is 19.5 Å². The van der Waals surface area contributed by atoms with Gasteiger partial charge >= 0.3 is 5.97 Å². The fourth-order valence-corrected chi connectivity index (χ4v) is 0.937. The second-order valence-electron chi connectivity index (χ2n) is 3.02. The van der Waals surface area contributed by atoms with Crippen molar-refractivity contribution < 1.29 is 10.9 Å². The highest BCUT2D eigenvalue weighted by Gasteiger charge is 2.10. The van der Waals surface area contributed by atoms with Crippen molar-refractivity contribution in [2.45, 2.75) is 19.6 Å². The Morgan fingerprint density at radius 3 is 2.80 bits per heavy atom. The number of esters is 1. The summed E-state index contributed by atoms with van der Waals surface area (Å²) in [6.07, 6.45) is 0. The number of carbonyl (C=O) groups is 1. The predicted octanol–water partition coefficient (Wildman–Crippen LogP) is 1.76. The summed E-state index contributed by atoms with van der Waals surface area (Å²) in [7, 11) is 0.0155. The van der Waals surface area contributed by atoms with Gasteiger partial charge in [0.25, 0.3) is 0 Å². The van der Waals surface area contributed by atoms with Gasteiger partial charge in [0.05, 0.1) is 0 Å². The van der Waals surface area contributed by atoms with Crippen molar-refractivity contribution >= 4 is 18.4 Å². The number of carbonyl (C=O) groups excluding carboxylic acids is 1. The molecule has 0 aliphatic carbocycles. The largest absolute Gasteiger partial charge is 0.460 e. The van der Waals surface area contributed by atoms with Crippen LogP contribution in [0.2, 0.25) is 0 Å². The number of ether oxygens (including phenoxy) is 1. The molecule has 1 atom stereocenters. The van der Waals surface area contributed by atoms with E-state index in [1.54, 1.807) is 6.92 Å². The normalized spacial score (nSPS) is 12.2. The fourth-order valence-electron chi connectivity index (χ4n) is 0.937. The number of hydrogen-bond donors (Lipinski definition) is 1. The van der Waals surface area contributed by atoms with Gasteiger partial charge in [-0.2, -0.15) is 0 Å². The van der Waals surface area contributed by atoms with Gasteiger partial charge in [-0.25, -0.2) is 0 Å². The molecule has 0 amide bonds. The molecule has 0 spiro atoms. The maximum atomic E-state index is 11.3. The summed E-state index contributed by atoms with van der Waals surface area (Å²) in [5.41, 5.74) is 0.962. The molecule has 0 aromatic heterocycles. The van der Waals surface area contributed by atoms with Crippen molar-refractivity contribution in [2.24, 2.45) is 0 Å². The van der Waals surface area contributed by atoms with E-state index in [1.165, 1.54) is 0 Å². The molecular formula is C11H16ClNO2. The van der Waals surface area contributed by atoms with E-state index >= 15 is 0 Å². The second kappa shape index (κ2) is 7.26. The van der Waals surface area contributed by atoms with E-state index in [2.05, 4.69) is 5.32 Å². The first-order chi connectivity index (χ1) is 7.24. The zero-order chi connectivity index (χ0) is 11.1. The second-order valence-corrected chi connectivity index (χ2v) is 3.02. The highest BCUT2D eigenvalue weighted by Crippen LogP contribution is 2.01. The first-order valence-electron chi connectivity index (χ1n) is 5.18. The number of hydrogen-bond acceptors (Lipinski definition) is 3. The van der Waals surface area contributed by atoms with Gasteiger partial charge in [0.1, 0.15) is 12.6 Å². The van der Waals surface area contributed by atoms with Crippen LogP contribution in [-0.4, -0.2) is 19.0 Å². The van der Waals surface area contributed by atoms with Gasteiger partial charge < -0.3 is 10.1 Å². The molecule has 0 bridgehead atoms. The van der Waals surface area contributed by atoms with Gasteiger partial charge in [0.15, 0.2) is 0 Å². The highest BCUT2D eigenvalue weighted by atomic mass is 35.5. The molecule has 0 saturated heterocycles. The Morgan fingerprint density at radius 1 is 1.53 bits per heavy atom. The Balaban J connectivity index is 0.00000225. The molecule has 1 aromatic rings. The summed E-state index contributed by atoms with van der Waals surface area (Å²) >= 11 is 0. The molecule has 0 fully saturated rings. The Kier molecular flexibility index (Phi) is 5.81. The summed E-state index contributed by atoms with van der Waals surface area (Å²) in [5.74, 6) is -0.328. The molecule has 1 N–H and O–H groups in total. The minimum atomic E-state index is -0.425. The molecule has 4 heteroatoms. The number of benzene rings is 1. The van der Waals surface area contributed by atoms with Crippen LogP contribution in [0.1, 0.15) is 13.9 Å². The standard InChI is InChI=1S/C11H15NO2.ClH/c1-9(12-2)11(13)14-8-10-6-4-3-5-7-10;/h3-7,9,12H,8H2,1-2H3;1H/t9-;/m0./s1/i2D;. The van der Waals surface area contributed by atoms with E-state index in [1.807, 2.05) is 30.3 Å². The van der Waals surface area contributed by atoms with E-state index < -0.39 is 6.04 Å². The Morgan fingerprint density at radius 2 is 2.20 bits per heavy atom. The summed E-state index contributed by atoms with van der Waals surface area (Å²) in [6.45, 7) is 1.96. The summed E-state index contributed by atoms with van der Waals surface area (Å²) in [5, 5.41) is 2.67. The van der Waals surface area contributed by atoms with E-state index in [-0.39, 0.29) is 32.0 Å². The summed E-state index contributed by atoms with van der Waals surface area (Å²) in [4.78, 5) is 11.3. The monoisotopic (exact) mass is 230 g/mol. The van der Waals surface area contributed by atoms with E-state index in [4.69, 9.17) is 6.11 Å². The van der Waals surface area contributed by atoms with Crippen molar-refractivity contribution in [3.63, 3.8) is 0 Å². The number of likely N-dealkylation sites (N-methyl/N-ethyl adjacent to an activating group) is 1. The van der Waals surface area contributed by atoms with Crippen LogP contribution in [0.4, 0.5) is 0 Å². The molecule has 15 heavy (non-hydrogen) atoms. The molecule has 0 aliphatic heterocycles. The third-order valence-corrected chi connectivity index (χ3v) is 1.88. The van der Waals surface area contributed by atoms with Gasteiger partial charge in [0.2, 0.25) is 0 Å². The predicted molar refractivity (Wildman–Crippen MR) is 62.0 cm³/mol. The zero-order valence-electron chi connectivity index (χ0n) is 9.60. The van der Waals surface area contributed by atoms with Crippen LogP contribution in [0.25, 0.3) is 0 Å². The number of halogens is 1. The lowest BCUT2D eigenvalue weighted by Crippen LogP contribution is -2.32. The lowest BCUT2D eigenvalue weighted by Gasteiger charge is -2.09. The maximum Gasteiger partial charge on any atom is 0.323 e. The molecule has 0 heterocycles. The van der Waals surface area contributed by atoms with Crippen molar-refractivity contribution in [3.8, 4) is 0 Å². The molecule has 84 valence electrons. The van der Waals surface area contributed by atoms with Crippen molar-refractivity contribution in [3.05, 3.63) is 35.9 Å². The average Bonchev–Trinajstić information content (AvgIpc) is 2.27. The van der Waals surface area contributed by atoms with E-state index in [0.717, 1.165) is 5.56 Å². The van der Waals surface area contributed by atoms with Crippen molar-refractivity contribution in [1.82, 2.24) is 5.32 Å². The van der Waals surface area contributed by atoms with Crippen molar-refractivity contribution in [1.29, 1.82) is 0 Å². The summed E-state index contributed by atoms with van der Waals surface area (Å²) < 4.78 is 12.0. The Labute approximate surface area is 97.6 Å². The molecule has 0 saturated carbocycles. The zero-order valence-corrected chi connectivity index (χ0v) is 9.42. The third-order valence-electron chi connectivity index (χ3n) is 1.88. The Bertz CT molecular complexity index is 308. The van der Waals surface area contributed by atoms with Gasteiger partial charge in [-0.1, -0.05) is 30.3 Å². The Hall–Kier alpha value is -1.06. The van der Waals surface area contributed by atoms with Crippen molar-refractivity contribution in [2.75, 3.05) is 7.02 Å². The lowest BCUT2D eigenvalue weighted by atomic mass is 10.2. The van der Waals surface area contributed by atoms with Gasteiger partial charge in [0, 0.05) is 1.37 Å². The molecule has 1 aromatic carbocycles.